The van der Waals surface area contributed by atoms with Crippen molar-refractivity contribution in [3.05, 3.63) is 65.1 Å². The van der Waals surface area contributed by atoms with Crippen LogP contribution in [0.25, 0.3) is 5.65 Å². The summed E-state index contributed by atoms with van der Waals surface area (Å²) < 4.78 is 41.6. The Hall–Kier alpha value is -3.43. The van der Waals surface area contributed by atoms with Crippen molar-refractivity contribution in [1.29, 1.82) is 0 Å². The van der Waals surface area contributed by atoms with E-state index in [0.29, 0.717) is 37.1 Å². The lowest BCUT2D eigenvalue weighted by atomic mass is 9.91. The molecule has 166 valence electrons. The highest BCUT2D eigenvalue weighted by atomic mass is 19.4. The molecular weight excluding hydrogens is 425 g/mol. The van der Waals surface area contributed by atoms with Gasteiger partial charge in [-0.1, -0.05) is 18.2 Å². The number of hydrogen-bond acceptors (Lipinski definition) is 4. The van der Waals surface area contributed by atoms with Gasteiger partial charge in [0.15, 0.2) is 5.65 Å². The number of hydrogen-bond donors (Lipinski definition) is 1. The van der Waals surface area contributed by atoms with Crippen LogP contribution >= 0.6 is 0 Å². The number of nitrogens with zero attached hydrogens (tertiary/aromatic N) is 4. The lowest BCUT2D eigenvalue weighted by molar-refractivity contribution is -0.138. The lowest BCUT2D eigenvalue weighted by Crippen LogP contribution is -2.31. The first kappa shape index (κ1) is 20.5. The van der Waals surface area contributed by atoms with Crippen molar-refractivity contribution in [2.24, 2.45) is 11.8 Å². The predicted molar refractivity (Wildman–Crippen MR) is 106 cm³/mol. The third-order valence-electron chi connectivity index (χ3n) is 6.58. The van der Waals surface area contributed by atoms with Crippen LogP contribution in [0, 0.1) is 11.8 Å². The molecule has 3 aromatic rings. The number of aromatic nitrogens is 3. The smallest absolute Gasteiger partial charge is 0.416 e. The molecule has 2 aromatic heterocycles. The third kappa shape index (κ3) is 3.39. The van der Waals surface area contributed by atoms with Gasteiger partial charge in [0.25, 0.3) is 5.91 Å². The van der Waals surface area contributed by atoms with Crippen molar-refractivity contribution in [2.45, 2.75) is 24.9 Å². The van der Waals surface area contributed by atoms with Crippen molar-refractivity contribution in [3.8, 4) is 0 Å². The standard InChI is InChI=1S/C22H19F3N4O3/c23-22(24,25)17-4-2-1-3-16(17)13-7-14-9-28(10-15(14)8-13)20(30)19-27-26-18-6-5-12(21(31)32)11-29(18)19/h1-6,11,13-15H,7-10H2,(H,31,32)/t13?,14-,15+. The Balaban J connectivity index is 1.34. The number of fused-ring (bicyclic) bond motifs is 2. The summed E-state index contributed by atoms with van der Waals surface area (Å²) in [6.07, 6.45) is -1.90. The maximum atomic E-state index is 13.4. The van der Waals surface area contributed by atoms with Crippen LogP contribution in [-0.4, -0.2) is 49.6 Å². The van der Waals surface area contributed by atoms with Crippen LogP contribution in [0.15, 0.2) is 42.6 Å². The Morgan fingerprint density at radius 2 is 1.69 bits per heavy atom. The Labute approximate surface area is 180 Å². The number of aromatic carboxylic acids is 1. The second-order valence-electron chi connectivity index (χ2n) is 8.46. The minimum absolute atomic E-state index is 0.0100. The van der Waals surface area contributed by atoms with E-state index in [1.54, 1.807) is 17.0 Å². The van der Waals surface area contributed by atoms with Gasteiger partial charge in [0.05, 0.1) is 11.1 Å². The van der Waals surface area contributed by atoms with Crippen LogP contribution in [0.5, 0.6) is 0 Å². The molecule has 1 aromatic carbocycles. The second-order valence-corrected chi connectivity index (χ2v) is 8.46. The molecule has 5 rings (SSSR count). The number of halogens is 3. The molecule has 1 N–H and O–H groups in total. The number of pyridine rings is 1. The van der Waals surface area contributed by atoms with E-state index in [4.69, 9.17) is 0 Å². The van der Waals surface area contributed by atoms with E-state index < -0.39 is 17.7 Å². The summed E-state index contributed by atoms with van der Waals surface area (Å²) in [5.74, 6) is -1.42. The normalized spacial score (nSPS) is 23.0. The van der Waals surface area contributed by atoms with Crippen LogP contribution in [0.4, 0.5) is 13.2 Å². The molecule has 0 bridgehead atoms. The number of carboxylic acid groups (broad SMARTS) is 1. The molecule has 0 spiro atoms. The van der Waals surface area contributed by atoms with Crippen LogP contribution in [-0.2, 0) is 6.18 Å². The van der Waals surface area contributed by atoms with Crippen LogP contribution < -0.4 is 0 Å². The van der Waals surface area contributed by atoms with Crippen molar-refractivity contribution in [1.82, 2.24) is 19.5 Å². The van der Waals surface area contributed by atoms with Crippen LogP contribution in [0.3, 0.4) is 0 Å². The number of carboxylic acids is 1. The lowest BCUT2D eigenvalue weighted by Gasteiger charge is -2.21. The van der Waals surface area contributed by atoms with Gasteiger partial charge in [-0.25, -0.2) is 4.79 Å². The van der Waals surface area contributed by atoms with Gasteiger partial charge < -0.3 is 10.0 Å². The Bertz CT molecular complexity index is 1210. The summed E-state index contributed by atoms with van der Waals surface area (Å²) in [6.45, 7) is 0.865. The first-order valence-corrected chi connectivity index (χ1v) is 10.3. The average molecular weight is 444 g/mol. The molecule has 7 nitrogen and oxygen atoms in total. The molecule has 1 aliphatic heterocycles. The Kier molecular flexibility index (Phi) is 4.68. The molecule has 1 aliphatic carbocycles. The SMILES string of the molecule is O=C(O)c1ccc2nnc(C(=O)N3C[C@H]4CC(c5ccccc5C(F)(F)F)C[C@H]4C3)n2c1. The predicted octanol–water partition coefficient (Wildman–Crippen LogP) is 3.71. The fourth-order valence-corrected chi connectivity index (χ4v) is 5.14. The summed E-state index contributed by atoms with van der Waals surface area (Å²) >= 11 is 0. The highest BCUT2D eigenvalue weighted by molar-refractivity contribution is 5.92. The Morgan fingerprint density at radius 3 is 2.34 bits per heavy atom. The van der Waals surface area contributed by atoms with E-state index >= 15 is 0 Å². The summed E-state index contributed by atoms with van der Waals surface area (Å²) in [5, 5.41) is 17.1. The molecule has 2 fully saturated rings. The van der Waals surface area contributed by atoms with Crippen LogP contribution in [0.1, 0.15) is 50.9 Å². The number of benzene rings is 1. The zero-order valence-corrected chi connectivity index (χ0v) is 16.8. The quantitative estimate of drug-likeness (QED) is 0.666. The molecular formula is C22H19F3N4O3. The monoisotopic (exact) mass is 444 g/mol. The molecule has 1 saturated carbocycles. The maximum absolute atomic E-state index is 13.4. The number of carbonyl (C=O) groups is 2. The van der Waals surface area contributed by atoms with Gasteiger partial charge in [0.1, 0.15) is 0 Å². The second kappa shape index (κ2) is 7.32. The van der Waals surface area contributed by atoms with Gasteiger partial charge in [0, 0.05) is 19.3 Å². The highest BCUT2D eigenvalue weighted by Crippen LogP contribution is 2.49. The number of likely N-dealkylation sites (tertiary alicyclic amines) is 1. The molecule has 0 radical (unpaired) electrons. The molecule has 32 heavy (non-hydrogen) atoms. The number of rotatable bonds is 3. The van der Waals surface area contributed by atoms with E-state index in [2.05, 4.69) is 10.2 Å². The summed E-state index contributed by atoms with van der Waals surface area (Å²) in [7, 11) is 0. The summed E-state index contributed by atoms with van der Waals surface area (Å²) in [5.41, 5.74) is 0.122. The van der Waals surface area contributed by atoms with Gasteiger partial charge in [-0.2, -0.15) is 13.2 Å². The fraction of sp³-hybridized carbons (Fsp3) is 0.364. The van der Waals surface area contributed by atoms with Crippen molar-refractivity contribution < 1.29 is 27.9 Å². The van der Waals surface area contributed by atoms with Crippen LogP contribution in [0.2, 0.25) is 0 Å². The summed E-state index contributed by atoms with van der Waals surface area (Å²) in [4.78, 5) is 26.0. The van der Waals surface area contributed by atoms with Gasteiger partial charge in [-0.05, 0) is 54.4 Å². The number of amides is 1. The molecule has 2 aliphatic rings. The maximum Gasteiger partial charge on any atom is 0.416 e. The molecule has 1 unspecified atom stereocenters. The molecule has 3 heterocycles. The molecule has 3 atom stereocenters. The fourth-order valence-electron chi connectivity index (χ4n) is 5.14. The largest absolute Gasteiger partial charge is 0.478 e. The molecule has 10 heteroatoms. The minimum Gasteiger partial charge on any atom is -0.478 e. The third-order valence-corrected chi connectivity index (χ3v) is 6.58. The average Bonchev–Trinajstić information content (AvgIpc) is 3.45. The first-order valence-electron chi connectivity index (χ1n) is 10.3. The van der Waals surface area contributed by atoms with E-state index in [1.807, 2.05) is 0 Å². The van der Waals surface area contributed by atoms with Crippen molar-refractivity contribution >= 4 is 17.5 Å². The topological polar surface area (TPSA) is 87.8 Å². The van der Waals surface area contributed by atoms with Gasteiger partial charge in [-0.3, -0.25) is 9.20 Å². The molecule has 1 amide bonds. The zero-order valence-electron chi connectivity index (χ0n) is 16.8. The minimum atomic E-state index is -4.39. The highest BCUT2D eigenvalue weighted by Gasteiger charge is 2.45. The van der Waals surface area contributed by atoms with Crippen molar-refractivity contribution in [2.75, 3.05) is 13.1 Å². The van der Waals surface area contributed by atoms with Gasteiger partial charge in [0.2, 0.25) is 5.82 Å². The molecule has 1 saturated heterocycles. The van der Waals surface area contributed by atoms with Gasteiger partial charge in [-0.15, -0.1) is 10.2 Å². The van der Waals surface area contributed by atoms with E-state index in [9.17, 15) is 27.9 Å². The van der Waals surface area contributed by atoms with E-state index in [0.717, 1.165) is 6.07 Å². The van der Waals surface area contributed by atoms with Gasteiger partial charge >= 0.3 is 12.1 Å². The van der Waals surface area contributed by atoms with Crippen molar-refractivity contribution in [3.63, 3.8) is 0 Å². The summed E-state index contributed by atoms with van der Waals surface area (Å²) in [6, 6.07) is 8.59. The Morgan fingerprint density at radius 1 is 1.00 bits per heavy atom. The first-order chi connectivity index (χ1) is 15.2. The number of carbonyl (C=O) groups excluding carboxylic acids is 1. The van der Waals surface area contributed by atoms with E-state index in [-0.39, 0.29) is 35.0 Å². The number of alkyl halides is 3. The zero-order chi connectivity index (χ0) is 22.6. The van der Waals surface area contributed by atoms with E-state index in [1.165, 1.54) is 28.8 Å².